The summed E-state index contributed by atoms with van der Waals surface area (Å²) in [6.45, 7) is 13.6. The quantitative estimate of drug-likeness (QED) is 0.570. The van der Waals surface area contributed by atoms with Gasteiger partial charge in [0, 0.05) is 26.2 Å². The van der Waals surface area contributed by atoms with Gasteiger partial charge in [0.05, 0.1) is 17.0 Å². The van der Waals surface area contributed by atoms with Crippen LogP contribution in [0.15, 0.2) is 29.3 Å². The maximum Gasteiger partial charge on any atom is 0.194 e. The van der Waals surface area contributed by atoms with E-state index in [9.17, 15) is 8.42 Å². The summed E-state index contributed by atoms with van der Waals surface area (Å²) in [5.41, 5.74) is 2.59. The van der Waals surface area contributed by atoms with Crippen LogP contribution in [0.1, 0.15) is 51.7 Å². The molecule has 30 heavy (non-hydrogen) atoms. The zero-order chi connectivity index (χ0) is 21.8. The van der Waals surface area contributed by atoms with Crippen LogP contribution in [-0.4, -0.2) is 67.4 Å². The van der Waals surface area contributed by atoms with Gasteiger partial charge >= 0.3 is 0 Å². The first-order valence-electron chi connectivity index (χ1n) is 11.3. The molecule has 2 saturated heterocycles. The first-order valence-corrected chi connectivity index (χ1v) is 12.9. The molecule has 2 aliphatic heterocycles. The van der Waals surface area contributed by atoms with Crippen molar-refractivity contribution in [2.75, 3.05) is 38.5 Å². The minimum Gasteiger partial charge on any atom is -0.357 e. The Bertz CT molecular complexity index is 843. The van der Waals surface area contributed by atoms with Crippen molar-refractivity contribution in [3.05, 3.63) is 35.4 Å². The lowest BCUT2D eigenvalue weighted by Gasteiger charge is -2.39. The molecule has 7 heteroatoms. The van der Waals surface area contributed by atoms with Gasteiger partial charge in [0.1, 0.15) is 0 Å². The number of guanidine groups is 1. The number of piperidine rings is 1. The van der Waals surface area contributed by atoms with Crippen LogP contribution in [0.3, 0.4) is 0 Å². The number of nitrogens with zero attached hydrogens (tertiary/aromatic N) is 3. The van der Waals surface area contributed by atoms with Crippen molar-refractivity contribution in [1.82, 2.24) is 15.1 Å². The molecule has 0 unspecified atom stereocenters. The molecule has 168 valence electrons. The maximum atomic E-state index is 12.4. The lowest BCUT2D eigenvalue weighted by Crippen LogP contribution is -2.57. The fraction of sp³-hybridized carbons (Fsp3) is 0.696. The summed E-state index contributed by atoms with van der Waals surface area (Å²) >= 11 is 0. The Morgan fingerprint density at radius 1 is 1.17 bits per heavy atom. The van der Waals surface area contributed by atoms with Crippen molar-refractivity contribution in [2.24, 2.45) is 10.9 Å². The monoisotopic (exact) mass is 434 g/mol. The van der Waals surface area contributed by atoms with E-state index in [2.05, 4.69) is 46.3 Å². The molecular formula is C23H38N4O2S. The SMILES string of the molecule is CCNC(=NCc1ccccc1CN1CCC(C)CC1)N1CCS(=O)(=O)C(C)(C)C1. The van der Waals surface area contributed by atoms with Gasteiger partial charge < -0.3 is 10.2 Å². The van der Waals surface area contributed by atoms with Crippen molar-refractivity contribution in [3.63, 3.8) is 0 Å². The first-order chi connectivity index (χ1) is 14.2. The second-order valence-electron chi connectivity index (χ2n) is 9.40. The summed E-state index contributed by atoms with van der Waals surface area (Å²) in [6, 6.07) is 8.57. The van der Waals surface area contributed by atoms with Crippen LogP contribution in [-0.2, 0) is 22.9 Å². The average Bonchev–Trinajstić information content (AvgIpc) is 2.70. The van der Waals surface area contributed by atoms with E-state index in [1.165, 1.54) is 37.1 Å². The Balaban J connectivity index is 1.72. The number of hydrogen-bond donors (Lipinski definition) is 1. The van der Waals surface area contributed by atoms with Gasteiger partial charge in [-0.1, -0.05) is 31.2 Å². The lowest BCUT2D eigenvalue weighted by atomic mass is 9.98. The number of hydrogen-bond acceptors (Lipinski definition) is 4. The molecule has 0 radical (unpaired) electrons. The Labute approximate surface area is 182 Å². The van der Waals surface area contributed by atoms with Gasteiger partial charge in [0.25, 0.3) is 0 Å². The van der Waals surface area contributed by atoms with Crippen LogP contribution in [0.5, 0.6) is 0 Å². The molecule has 0 atom stereocenters. The van der Waals surface area contributed by atoms with E-state index < -0.39 is 14.6 Å². The van der Waals surface area contributed by atoms with Crippen molar-refractivity contribution < 1.29 is 8.42 Å². The van der Waals surface area contributed by atoms with Crippen LogP contribution in [0.4, 0.5) is 0 Å². The second kappa shape index (κ2) is 9.69. The molecule has 3 rings (SSSR count). The number of benzene rings is 1. The lowest BCUT2D eigenvalue weighted by molar-refractivity contribution is 0.185. The molecule has 0 saturated carbocycles. The molecule has 2 fully saturated rings. The van der Waals surface area contributed by atoms with Gasteiger partial charge in [-0.05, 0) is 63.7 Å². The van der Waals surface area contributed by atoms with E-state index in [-0.39, 0.29) is 5.75 Å². The Morgan fingerprint density at radius 2 is 1.83 bits per heavy atom. The molecule has 0 spiro atoms. The fourth-order valence-corrected chi connectivity index (χ4v) is 5.60. The standard InChI is InChI=1S/C23H38N4O2S/c1-5-24-22(27-14-15-30(28,29)23(3,4)18-27)25-16-20-8-6-7-9-21(20)17-26-12-10-19(2)11-13-26/h6-9,19H,5,10-18H2,1-4H3,(H,24,25). The third kappa shape index (κ3) is 5.55. The van der Waals surface area contributed by atoms with Crippen molar-refractivity contribution in [2.45, 2.75) is 58.4 Å². The summed E-state index contributed by atoms with van der Waals surface area (Å²) in [5.74, 6) is 1.82. The average molecular weight is 435 g/mol. The van der Waals surface area contributed by atoms with Crippen LogP contribution in [0.25, 0.3) is 0 Å². The summed E-state index contributed by atoms with van der Waals surface area (Å²) in [4.78, 5) is 9.55. The van der Waals surface area contributed by atoms with Crippen LogP contribution >= 0.6 is 0 Å². The highest BCUT2D eigenvalue weighted by Crippen LogP contribution is 2.24. The van der Waals surface area contributed by atoms with E-state index in [0.717, 1.165) is 25.0 Å². The summed E-state index contributed by atoms with van der Waals surface area (Å²) < 4.78 is 24.0. The maximum absolute atomic E-state index is 12.4. The zero-order valence-corrected chi connectivity index (χ0v) is 19.8. The van der Waals surface area contributed by atoms with E-state index >= 15 is 0 Å². The summed E-state index contributed by atoms with van der Waals surface area (Å²) in [7, 11) is -3.07. The predicted molar refractivity (Wildman–Crippen MR) is 124 cm³/mol. The predicted octanol–water partition coefficient (Wildman–Crippen LogP) is 2.89. The zero-order valence-electron chi connectivity index (χ0n) is 19.0. The molecule has 1 aromatic rings. The van der Waals surface area contributed by atoms with Crippen molar-refractivity contribution in [1.29, 1.82) is 0 Å². The molecule has 2 aliphatic rings. The molecule has 0 aromatic heterocycles. The van der Waals surface area contributed by atoms with Crippen LogP contribution in [0.2, 0.25) is 0 Å². The van der Waals surface area contributed by atoms with Gasteiger partial charge in [-0.3, -0.25) is 4.90 Å². The Hall–Kier alpha value is -1.60. The number of aliphatic imine (C=N–C) groups is 1. The molecule has 0 amide bonds. The van der Waals surface area contributed by atoms with Crippen molar-refractivity contribution in [3.8, 4) is 0 Å². The number of sulfone groups is 1. The first kappa shape index (κ1) is 23.1. The molecule has 0 aliphatic carbocycles. The van der Waals surface area contributed by atoms with Gasteiger partial charge in [-0.2, -0.15) is 0 Å². The third-order valence-electron chi connectivity index (χ3n) is 6.47. The fourth-order valence-electron chi connectivity index (χ4n) is 4.24. The van der Waals surface area contributed by atoms with Crippen LogP contribution < -0.4 is 5.32 Å². The molecule has 1 aromatic carbocycles. The highest BCUT2D eigenvalue weighted by atomic mass is 32.2. The molecular weight excluding hydrogens is 396 g/mol. The highest BCUT2D eigenvalue weighted by molar-refractivity contribution is 7.92. The van der Waals surface area contributed by atoms with Gasteiger partial charge in [0.2, 0.25) is 0 Å². The smallest absolute Gasteiger partial charge is 0.194 e. The number of nitrogens with one attached hydrogen (secondary N) is 1. The highest BCUT2D eigenvalue weighted by Gasteiger charge is 2.40. The summed E-state index contributed by atoms with van der Waals surface area (Å²) in [5, 5.41) is 3.36. The molecule has 0 bridgehead atoms. The minimum absolute atomic E-state index is 0.175. The van der Waals surface area contributed by atoms with Gasteiger partial charge in [-0.25, -0.2) is 13.4 Å². The summed E-state index contributed by atoms with van der Waals surface area (Å²) in [6.07, 6.45) is 2.55. The van der Waals surface area contributed by atoms with E-state index in [1.54, 1.807) is 0 Å². The van der Waals surface area contributed by atoms with E-state index in [1.807, 2.05) is 20.8 Å². The van der Waals surface area contributed by atoms with Crippen molar-refractivity contribution >= 4 is 15.8 Å². The van der Waals surface area contributed by atoms with Crippen LogP contribution in [0, 0.1) is 5.92 Å². The molecule has 2 heterocycles. The largest absolute Gasteiger partial charge is 0.357 e. The number of rotatable bonds is 5. The normalized spacial score (nSPS) is 22.8. The van der Waals surface area contributed by atoms with Gasteiger partial charge in [-0.15, -0.1) is 0 Å². The third-order valence-corrected chi connectivity index (χ3v) is 9.00. The topological polar surface area (TPSA) is 65.0 Å². The molecule has 1 N–H and O–H groups in total. The van der Waals surface area contributed by atoms with E-state index in [0.29, 0.717) is 19.6 Å². The number of likely N-dealkylation sites (tertiary alicyclic amines) is 1. The minimum atomic E-state index is -3.07. The molecule has 6 nitrogen and oxygen atoms in total. The second-order valence-corrected chi connectivity index (χ2v) is 12.1. The van der Waals surface area contributed by atoms with Gasteiger partial charge in [0.15, 0.2) is 15.8 Å². The van der Waals surface area contributed by atoms with E-state index in [4.69, 9.17) is 4.99 Å². The Kier molecular flexibility index (Phi) is 7.45. The Morgan fingerprint density at radius 3 is 2.47 bits per heavy atom.